The van der Waals surface area contributed by atoms with Crippen molar-refractivity contribution in [1.29, 1.82) is 0 Å². The lowest BCUT2D eigenvalue weighted by atomic mass is 10.1. The van der Waals surface area contributed by atoms with Crippen LogP contribution in [0.25, 0.3) is 11.1 Å². The lowest BCUT2D eigenvalue weighted by Crippen LogP contribution is -2.31. The number of hydrogen-bond donors (Lipinski definition) is 1. The third kappa shape index (κ3) is 6.96. The van der Waals surface area contributed by atoms with Crippen LogP contribution in [0.2, 0.25) is 0 Å². The molecule has 0 unspecified atom stereocenters. The Kier molecular flexibility index (Phi) is 8.08. The van der Waals surface area contributed by atoms with Crippen molar-refractivity contribution in [1.82, 2.24) is 15.2 Å². The molecule has 2 aromatic heterocycles. The SMILES string of the molecule is O=C(NCCCN(CCc1ccccc1)Cc1ccco1)c1ccc2nc(Cc3ccccc3)oc2c1. The van der Waals surface area contributed by atoms with Crippen LogP contribution in [0, 0.1) is 0 Å². The summed E-state index contributed by atoms with van der Waals surface area (Å²) in [5.41, 5.74) is 4.41. The van der Waals surface area contributed by atoms with E-state index in [2.05, 4.69) is 39.5 Å². The second-order valence-corrected chi connectivity index (χ2v) is 9.15. The predicted molar refractivity (Wildman–Crippen MR) is 144 cm³/mol. The maximum atomic E-state index is 12.8. The molecule has 1 amide bonds. The number of nitrogens with one attached hydrogen (secondary N) is 1. The fourth-order valence-electron chi connectivity index (χ4n) is 4.39. The van der Waals surface area contributed by atoms with Gasteiger partial charge in [-0.3, -0.25) is 9.69 Å². The van der Waals surface area contributed by atoms with E-state index in [1.54, 1.807) is 18.4 Å². The van der Waals surface area contributed by atoms with E-state index in [0.717, 1.165) is 49.3 Å². The average Bonchev–Trinajstić information content (AvgIpc) is 3.59. The van der Waals surface area contributed by atoms with Crippen molar-refractivity contribution in [2.45, 2.75) is 25.8 Å². The summed E-state index contributed by atoms with van der Waals surface area (Å²) in [6.07, 6.45) is 4.14. The monoisotopic (exact) mass is 493 g/mol. The molecule has 0 radical (unpaired) electrons. The summed E-state index contributed by atoms with van der Waals surface area (Å²) in [6.45, 7) is 3.12. The first kappa shape index (κ1) is 24.5. The Morgan fingerprint density at radius 1 is 0.865 bits per heavy atom. The standard InChI is InChI=1S/C31H31N3O3/c35-31(26-14-15-28-29(22-26)37-30(33-28)21-25-11-5-2-6-12-25)32-17-8-18-34(23-27-13-7-20-36-27)19-16-24-9-3-1-4-10-24/h1-7,9-15,20,22H,8,16-19,21,23H2,(H,32,35). The van der Waals surface area contributed by atoms with Crippen molar-refractivity contribution in [2.24, 2.45) is 0 Å². The molecule has 0 saturated carbocycles. The minimum Gasteiger partial charge on any atom is -0.468 e. The first-order valence-electron chi connectivity index (χ1n) is 12.7. The summed E-state index contributed by atoms with van der Waals surface area (Å²) in [5, 5.41) is 3.05. The summed E-state index contributed by atoms with van der Waals surface area (Å²) in [6, 6.07) is 29.9. The smallest absolute Gasteiger partial charge is 0.251 e. The molecule has 188 valence electrons. The zero-order valence-electron chi connectivity index (χ0n) is 20.8. The molecule has 0 spiro atoms. The van der Waals surface area contributed by atoms with E-state index < -0.39 is 0 Å². The zero-order chi connectivity index (χ0) is 25.3. The highest BCUT2D eigenvalue weighted by molar-refractivity contribution is 5.97. The van der Waals surface area contributed by atoms with Crippen LogP contribution < -0.4 is 5.32 Å². The molecule has 0 bridgehead atoms. The first-order valence-corrected chi connectivity index (χ1v) is 12.7. The Hall–Kier alpha value is -4.16. The summed E-state index contributed by atoms with van der Waals surface area (Å²) in [5.74, 6) is 1.49. The first-order chi connectivity index (χ1) is 18.2. The van der Waals surface area contributed by atoms with E-state index in [9.17, 15) is 4.79 Å². The van der Waals surface area contributed by atoms with Crippen LogP contribution in [0.1, 0.15) is 39.6 Å². The number of aromatic nitrogens is 1. The highest BCUT2D eigenvalue weighted by Crippen LogP contribution is 2.19. The lowest BCUT2D eigenvalue weighted by molar-refractivity contribution is 0.0951. The van der Waals surface area contributed by atoms with Crippen molar-refractivity contribution >= 4 is 17.0 Å². The highest BCUT2D eigenvalue weighted by Gasteiger charge is 2.12. The molecule has 0 saturated heterocycles. The van der Waals surface area contributed by atoms with Crippen LogP contribution in [0.3, 0.4) is 0 Å². The van der Waals surface area contributed by atoms with Gasteiger partial charge in [0.05, 0.1) is 12.8 Å². The molecular formula is C31H31N3O3. The Labute approximate surface area is 216 Å². The van der Waals surface area contributed by atoms with Crippen LogP contribution in [0.4, 0.5) is 0 Å². The second kappa shape index (κ2) is 12.2. The van der Waals surface area contributed by atoms with Crippen molar-refractivity contribution in [3.8, 4) is 0 Å². The Bertz CT molecular complexity index is 1400. The normalized spacial score (nSPS) is 11.3. The molecule has 5 rings (SSSR count). The quantitative estimate of drug-likeness (QED) is 0.220. The number of nitrogens with zero attached hydrogens (tertiary/aromatic N) is 2. The predicted octanol–water partition coefficient (Wildman–Crippen LogP) is 5.88. The molecule has 0 fully saturated rings. The topological polar surface area (TPSA) is 71.5 Å². The van der Waals surface area contributed by atoms with Gasteiger partial charge in [0.25, 0.3) is 5.91 Å². The minimum atomic E-state index is -0.107. The molecule has 5 aromatic rings. The van der Waals surface area contributed by atoms with Gasteiger partial charge < -0.3 is 14.2 Å². The summed E-state index contributed by atoms with van der Waals surface area (Å²) in [7, 11) is 0. The van der Waals surface area contributed by atoms with Crippen molar-refractivity contribution < 1.29 is 13.6 Å². The molecule has 3 aromatic carbocycles. The largest absolute Gasteiger partial charge is 0.468 e. The van der Waals surface area contributed by atoms with Gasteiger partial charge in [-0.15, -0.1) is 0 Å². The molecule has 0 aliphatic heterocycles. The number of carbonyl (C=O) groups excluding carboxylic acids is 1. The van der Waals surface area contributed by atoms with E-state index in [4.69, 9.17) is 8.83 Å². The summed E-state index contributed by atoms with van der Waals surface area (Å²) < 4.78 is 11.5. The Morgan fingerprint density at radius 3 is 2.41 bits per heavy atom. The van der Waals surface area contributed by atoms with E-state index in [1.807, 2.05) is 54.6 Å². The summed E-state index contributed by atoms with van der Waals surface area (Å²) >= 11 is 0. The van der Waals surface area contributed by atoms with E-state index in [1.165, 1.54) is 5.56 Å². The molecule has 6 nitrogen and oxygen atoms in total. The van der Waals surface area contributed by atoms with Gasteiger partial charge in [-0.2, -0.15) is 0 Å². The van der Waals surface area contributed by atoms with Gasteiger partial charge >= 0.3 is 0 Å². The average molecular weight is 494 g/mol. The Balaban J connectivity index is 1.13. The minimum absolute atomic E-state index is 0.107. The van der Waals surface area contributed by atoms with E-state index >= 15 is 0 Å². The zero-order valence-corrected chi connectivity index (χ0v) is 20.8. The molecule has 6 heteroatoms. The Morgan fingerprint density at radius 2 is 1.65 bits per heavy atom. The van der Waals surface area contributed by atoms with Gasteiger partial charge in [0.15, 0.2) is 11.5 Å². The van der Waals surface area contributed by atoms with Crippen LogP contribution in [0.15, 0.2) is 106 Å². The third-order valence-electron chi connectivity index (χ3n) is 6.35. The number of rotatable bonds is 12. The van der Waals surface area contributed by atoms with Crippen LogP contribution in [-0.4, -0.2) is 35.4 Å². The lowest BCUT2D eigenvalue weighted by Gasteiger charge is -2.21. The fraction of sp³-hybridized carbons (Fsp3) is 0.226. The van der Waals surface area contributed by atoms with Crippen molar-refractivity contribution in [2.75, 3.05) is 19.6 Å². The number of carbonyl (C=O) groups is 1. The maximum absolute atomic E-state index is 12.8. The van der Waals surface area contributed by atoms with Gasteiger partial charge in [0, 0.05) is 31.6 Å². The highest BCUT2D eigenvalue weighted by atomic mass is 16.3. The fourth-order valence-corrected chi connectivity index (χ4v) is 4.39. The van der Waals surface area contributed by atoms with Gasteiger partial charge in [0.1, 0.15) is 11.3 Å². The van der Waals surface area contributed by atoms with Gasteiger partial charge in [-0.1, -0.05) is 60.7 Å². The van der Waals surface area contributed by atoms with Gasteiger partial charge in [-0.05, 0) is 54.3 Å². The van der Waals surface area contributed by atoms with E-state index in [-0.39, 0.29) is 5.91 Å². The second-order valence-electron chi connectivity index (χ2n) is 9.15. The molecule has 37 heavy (non-hydrogen) atoms. The van der Waals surface area contributed by atoms with Gasteiger partial charge in [-0.25, -0.2) is 4.98 Å². The number of benzene rings is 3. The molecule has 0 aliphatic carbocycles. The number of hydrogen-bond acceptors (Lipinski definition) is 5. The number of furan rings is 1. The van der Waals surface area contributed by atoms with Crippen molar-refractivity contribution in [3.05, 3.63) is 126 Å². The number of fused-ring (bicyclic) bond motifs is 1. The molecule has 0 atom stereocenters. The molecule has 1 N–H and O–H groups in total. The number of oxazole rings is 1. The van der Waals surface area contributed by atoms with E-state index in [0.29, 0.717) is 30.0 Å². The van der Waals surface area contributed by atoms with Crippen molar-refractivity contribution in [3.63, 3.8) is 0 Å². The summed E-state index contributed by atoms with van der Waals surface area (Å²) in [4.78, 5) is 19.7. The molecule has 2 heterocycles. The maximum Gasteiger partial charge on any atom is 0.251 e. The van der Waals surface area contributed by atoms with Gasteiger partial charge in [0.2, 0.25) is 0 Å². The van der Waals surface area contributed by atoms with Crippen LogP contribution in [-0.2, 0) is 19.4 Å². The van der Waals surface area contributed by atoms with Crippen LogP contribution in [0.5, 0.6) is 0 Å². The molecular weight excluding hydrogens is 462 g/mol. The third-order valence-corrected chi connectivity index (χ3v) is 6.35. The number of amides is 1. The van der Waals surface area contributed by atoms with Crippen LogP contribution >= 0.6 is 0 Å². The molecule has 0 aliphatic rings.